The number of hydrogen-bond donors (Lipinski definition) is 4. The molecule has 8 heteroatoms. The molecule has 4 N–H and O–H groups in total. The molecular formula is C18H14O8. The van der Waals surface area contributed by atoms with Crippen molar-refractivity contribution in [1.82, 2.24) is 0 Å². The summed E-state index contributed by atoms with van der Waals surface area (Å²) in [6.07, 6.45) is -0.161. The quantitative estimate of drug-likeness (QED) is 0.483. The molecule has 0 saturated heterocycles. The highest BCUT2D eigenvalue weighted by Crippen LogP contribution is 2.41. The monoisotopic (exact) mass is 358 g/mol. The van der Waals surface area contributed by atoms with Crippen molar-refractivity contribution in [3.8, 4) is 23.0 Å². The molecule has 0 fully saturated rings. The zero-order chi connectivity index (χ0) is 18.8. The first-order valence-electron chi connectivity index (χ1n) is 7.48. The Hall–Kier alpha value is -3.68. The number of fused-ring (bicyclic) bond motifs is 1. The van der Waals surface area contributed by atoms with E-state index in [-0.39, 0.29) is 17.2 Å². The number of hydrogen-bond acceptors (Lipinski definition) is 6. The largest absolute Gasteiger partial charge is 0.504 e. The number of aliphatic carboxylic acids is 2. The van der Waals surface area contributed by atoms with Crippen molar-refractivity contribution in [2.45, 2.75) is 12.2 Å². The predicted octanol–water partition coefficient (Wildman–Crippen LogP) is 2.16. The molecule has 0 amide bonds. The SMILES string of the molecule is O=C(O)C=Cc1ccc2c(c1)O[C@H](C(=O)O)[C@@H](c1ccc(O)c(O)c1)O2. The molecule has 3 rings (SSSR count). The molecule has 1 aliphatic rings. The Morgan fingerprint density at radius 3 is 2.35 bits per heavy atom. The first-order valence-corrected chi connectivity index (χ1v) is 7.48. The predicted molar refractivity (Wildman–Crippen MR) is 88.3 cm³/mol. The Morgan fingerprint density at radius 2 is 1.69 bits per heavy atom. The number of carboxylic acid groups (broad SMARTS) is 2. The van der Waals surface area contributed by atoms with Gasteiger partial charge in [-0.3, -0.25) is 0 Å². The van der Waals surface area contributed by atoms with Gasteiger partial charge in [-0.15, -0.1) is 0 Å². The normalized spacial score (nSPS) is 18.6. The van der Waals surface area contributed by atoms with Gasteiger partial charge in [0, 0.05) is 11.6 Å². The maximum Gasteiger partial charge on any atom is 0.349 e. The lowest BCUT2D eigenvalue weighted by Crippen LogP contribution is -2.39. The van der Waals surface area contributed by atoms with Crippen molar-refractivity contribution in [2.75, 3.05) is 0 Å². The van der Waals surface area contributed by atoms with Crippen molar-refractivity contribution in [3.63, 3.8) is 0 Å². The van der Waals surface area contributed by atoms with E-state index in [0.29, 0.717) is 11.1 Å². The first kappa shape index (κ1) is 17.2. The first-order chi connectivity index (χ1) is 12.3. The maximum absolute atomic E-state index is 11.6. The number of rotatable bonds is 4. The molecular weight excluding hydrogens is 344 g/mol. The summed E-state index contributed by atoms with van der Waals surface area (Å²) in [5.41, 5.74) is 0.813. The minimum atomic E-state index is -1.40. The number of phenols is 2. The van der Waals surface area contributed by atoms with Crippen molar-refractivity contribution in [2.24, 2.45) is 0 Å². The van der Waals surface area contributed by atoms with Gasteiger partial charge in [-0.2, -0.15) is 0 Å². The summed E-state index contributed by atoms with van der Waals surface area (Å²) >= 11 is 0. The van der Waals surface area contributed by atoms with E-state index in [9.17, 15) is 24.9 Å². The van der Waals surface area contributed by atoms with E-state index < -0.39 is 29.9 Å². The Labute approximate surface area is 147 Å². The summed E-state index contributed by atoms with van der Waals surface area (Å²) in [7, 11) is 0. The van der Waals surface area contributed by atoms with E-state index in [1.54, 1.807) is 6.07 Å². The fourth-order valence-corrected chi connectivity index (χ4v) is 2.52. The van der Waals surface area contributed by atoms with Crippen LogP contribution >= 0.6 is 0 Å². The lowest BCUT2D eigenvalue weighted by Gasteiger charge is -2.32. The molecule has 0 bridgehead atoms. The molecule has 0 aliphatic carbocycles. The summed E-state index contributed by atoms with van der Waals surface area (Å²) in [6, 6.07) is 8.44. The van der Waals surface area contributed by atoms with Crippen molar-refractivity contribution >= 4 is 18.0 Å². The van der Waals surface area contributed by atoms with E-state index in [1.807, 2.05) is 0 Å². The fraction of sp³-hybridized carbons (Fsp3) is 0.111. The third-order valence-electron chi connectivity index (χ3n) is 3.74. The molecule has 2 aromatic rings. The molecule has 0 radical (unpaired) electrons. The second-order valence-corrected chi connectivity index (χ2v) is 5.54. The van der Waals surface area contributed by atoms with E-state index in [4.69, 9.17) is 14.6 Å². The lowest BCUT2D eigenvalue weighted by atomic mass is 10.0. The molecule has 0 spiro atoms. The van der Waals surface area contributed by atoms with E-state index >= 15 is 0 Å². The molecule has 134 valence electrons. The summed E-state index contributed by atoms with van der Waals surface area (Å²) < 4.78 is 11.3. The number of carboxylic acids is 2. The average Bonchev–Trinajstić information content (AvgIpc) is 2.61. The highest BCUT2D eigenvalue weighted by atomic mass is 16.6. The lowest BCUT2D eigenvalue weighted by molar-refractivity contribution is -0.151. The Balaban J connectivity index is 1.96. The van der Waals surface area contributed by atoms with Crippen LogP contribution in [0, 0.1) is 0 Å². The molecule has 1 heterocycles. The van der Waals surface area contributed by atoms with E-state index in [1.165, 1.54) is 36.4 Å². The molecule has 2 aromatic carbocycles. The van der Waals surface area contributed by atoms with Gasteiger partial charge in [0.05, 0.1) is 0 Å². The topological polar surface area (TPSA) is 134 Å². The summed E-state index contributed by atoms with van der Waals surface area (Å²) in [5, 5.41) is 37.2. The average molecular weight is 358 g/mol. The van der Waals surface area contributed by atoms with Crippen LogP contribution in [0.3, 0.4) is 0 Å². The van der Waals surface area contributed by atoms with Gasteiger partial charge in [0.2, 0.25) is 6.10 Å². The zero-order valence-corrected chi connectivity index (χ0v) is 13.2. The zero-order valence-electron chi connectivity index (χ0n) is 13.2. The van der Waals surface area contributed by atoms with Gasteiger partial charge in [0.25, 0.3) is 0 Å². The summed E-state index contributed by atoms with van der Waals surface area (Å²) in [4.78, 5) is 22.2. The molecule has 0 aromatic heterocycles. The van der Waals surface area contributed by atoms with Gasteiger partial charge >= 0.3 is 11.9 Å². The highest BCUT2D eigenvalue weighted by Gasteiger charge is 2.38. The van der Waals surface area contributed by atoms with Gasteiger partial charge in [0.15, 0.2) is 29.1 Å². The highest BCUT2D eigenvalue weighted by molar-refractivity contribution is 5.85. The smallest absolute Gasteiger partial charge is 0.349 e. The minimum absolute atomic E-state index is 0.157. The second kappa shape index (κ2) is 6.67. The Bertz CT molecular complexity index is 902. The summed E-state index contributed by atoms with van der Waals surface area (Å²) in [5.74, 6) is -2.71. The van der Waals surface area contributed by atoms with Gasteiger partial charge in [0.1, 0.15) is 0 Å². The molecule has 2 atom stereocenters. The molecule has 1 aliphatic heterocycles. The number of ether oxygens (including phenoxy) is 2. The van der Waals surface area contributed by atoms with Crippen LogP contribution in [0.4, 0.5) is 0 Å². The van der Waals surface area contributed by atoms with Gasteiger partial charge in [-0.25, -0.2) is 9.59 Å². The number of benzene rings is 2. The van der Waals surface area contributed by atoms with Crippen LogP contribution in [0.25, 0.3) is 6.08 Å². The van der Waals surface area contributed by atoms with Crippen molar-refractivity contribution in [3.05, 3.63) is 53.6 Å². The van der Waals surface area contributed by atoms with Crippen molar-refractivity contribution < 1.29 is 39.5 Å². The Kier molecular flexibility index (Phi) is 4.40. The standard InChI is InChI=1S/C18H14O8/c19-11-4-3-10(8-12(11)20)16-17(18(23)24)26-14-7-9(2-6-15(21)22)1-5-13(14)25-16/h1-8,16-17,19-20H,(H,21,22)(H,23,24)/t16-,17+/m1/s1. The Morgan fingerprint density at radius 1 is 0.923 bits per heavy atom. The van der Waals surface area contributed by atoms with Crippen LogP contribution < -0.4 is 9.47 Å². The van der Waals surface area contributed by atoms with E-state index in [0.717, 1.165) is 6.08 Å². The molecule has 0 saturated carbocycles. The fourth-order valence-electron chi connectivity index (χ4n) is 2.52. The van der Waals surface area contributed by atoms with Crippen molar-refractivity contribution in [1.29, 1.82) is 0 Å². The van der Waals surface area contributed by atoms with Crippen LogP contribution in [0.15, 0.2) is 42.5 Å². The third-order valence-corrected chi connectivity index (χ3v) is 3.74. The van der Waals surface area contributed by atoms with Crippen LogP contribution in [0.5, 0.6) is 23.0 Å². The number of phenolic OH excluding ortho intramolecular Hbond substituents is 2. The molecule has 8 nitrogen and oxygen atoms in total. The maximum atomic E-state index is 11.6. The minimum Gasteiger partial charge on any atom is -0.504 e. The van der Waals surface area contributed by atoms with Gasteiger partial charge in [-0.1, -0.05) is 12.1 Å². The van der Waals surface area contributed by atoms with Crippen LogP contribution in [0.1, 0.15) is 17.2 Å². The van der Waals surface area contributed by atoms with E-state index in [2.05, 4.69) is 0 Å². The molecule has 26 heavy (non-hydrogen) atoms. The second-order valence-electron chi connectivity index (χ2n) is 5.54. The third kappa shape index (κ3) is 3.39. The summed E-state index contributed by atoms with van der Waals surface area (Å²) in [6.45, 7) is 0. The van der Waals surface area contributed by atoms with Gasteiger partial charge in [-0.05, 0) is 35.9 Å². The van der Waals surface area contributed by atoms with Crippen LogP contribution in [-0.2, 0) is 9.59 Å². The van der Waals surface area contributed by atoms with Crippen LogP contribution in [-0.4, -0.2) is 38.5 Å². The van der Waals surface area contributed by atoms with Gasteiger partial charge < -0.3 is 29.9 Å². The number of aromatic hydroxyl groups is 2. The number of carbonyl (C=O) groups is 2. The molecule has 0 unspecified atom stereocenters. The van der Waals surface area contributed by atoms with Crippen LogP contribution in [0.2, 0.25) is 0 Å².